The zero-order valence-electron chi connectivity index (χ0n) is 12.8. The maximum absolute atomic E-state index is 13.6. The van der Waals surface area contributed by atoms with Crippen LogP contribution in [0.1, 0.15) is 11.1 Å². The number of rotatable bonds is 5. The van der Waals surface area contributed by atoms with E-state index >= 15 is 0 Å². The van der Waals surface area contributed by atoms with E-state index in [1.807, 2.05) is 0 Å². The highest BCUT2D eigenvalue weighted by molar-refractivity contribution is 5.78. The number of carbonyl (C=O) groups is 1. The largest absolute Gasteiger partial charge is 0.573 e. The summed E-state index contributed by atoms with van der Waals surface area (Å²) in [6.45, 7) is -0.0838. The minimum absolute atomic E-state index is 0.0838. The first kappa shape index (κ1) is 17.8. The van der Waals surface area contributed by atoms with Gasteiger partial charge in [0.1, 0.15) is 11.6 Å². The van der Waals surface area contributed by atoms with E-state index in [0.717, 1.165) is 0 Å². The van der Waals surface area contributed by atoms with Crippen LogP contribution in [0.5, 0.6) is 5.75 Å². The quantitative estimate of drug-likeness (QED) is 0.772. The number of alkyl halides is 3. The van der Waals surface area contributed by atoms with Crippen molar-refractivity contribution in [2.75, 3.05) is 7.05 Å². The first-order valence-corrected chi connectivity index (χ1v) is 7.07. The van der Waals surface area contributed by atoms with Gasteiger partial charge in [0.15, 0.2) is 0 Å². The molecule has 128 valence electrons. The average molecular weight is 341 g/mol. The molecule has 2 aromatic rings. The summed E-state index contributed by atoms with van der Waals surface area (Å²) in [5.41, 5.74) is 0.438. The molecule has 7 heteroatoms. The summed E-state index contributed by atoms with van der Waals surface area (Å²) >= 11 is 0. The van der Waals surface area contributed by atoms with E-state index in [0.29, 0.717) is 0 Å². The summed E-state index contributed by atoms with van der Waals surface area (Å²) in [4.78, 5) is 13.4. The molecule has 0 bridgehead atoms. The molecule has 2 rings (SSSR count). The molecule has 0 saturated heterocycles. The number of halogens is 4. The molecule has 0 aliphatic rings. The van der Waals surface area contributed by atoms with E-state index in [9.17, 15) is 22.4 Å². The summed E-state index contributed by atoms with van der Waals surface area (Å²) in [6.07, 6.45) is -4.99. The van der Waals surface area contributed by atoms with Crippen molar-refractivity contribution in [3.63, 3.8) is 0 Å². The number of likely N-dealkylation sites (N-methyl/N-ethyl adjacent to an activating group) is 1. The molecule has 0 atom stereocenters. The Morgan fingerprint density at radius 3 is 2.25 bits per heavy atom. The molecule has 0 spiro atoms. The van der Waals surface area contributed by atoms with Crippen molar-refractivity contribution in [2.45, 2.75) is 19.3 Å². The van der Waals surface area contributed by atoms with Gasteiger partial charge in [-0.3, -0.25) is 4.79 Å². The van der Waals surface area contributed by atoms with E-state index in [1.165, 1.54) is 48.3 Å². The fraction of sp³-hybridized carbons (Fsp3) is 0.235. The van der Waals surface area contributed by atoms with E-state index in [1.54, 1.807) is 12.1 Å². The van der Waals surface area contributed by atoms with Crippen LogP contribution in [0.4, 0.5) is 17.6 Å². The first-order valence-electron chi connectivity index (χ1n) is 7.07. The van der Waals surface area contributed by atoms with Gasteiger partial charge < -0.3 is 9.64 Å². The average Bonchev–Trinajstić information content (AvgIpc) is 2.50. The van der Waals surface area contributed by atoms with Crippen molar-refractivity contribution >= 4 is 5.91 Å². The molecule has 2 aromatic carbocycles. The molecule has 0 aromatic heterocycles. The molecule has 0 unspecified atom stereocenters. The van der Waals surface area contributed by atoms with Crippen LogP contribution >= 0.6 is 0 Å². The number of amides is 1. The van der Waals surface area contributed by atoms with Crippen molar-refractivity contribution in [3.8, 4) is 5.75 Å². The van der Waals surface area contributed by atoms with Gasteiger partial charge in [0.05, 0.1) is 6.42 Å². The lowest BCUT2D eigenvalue weighted by Gasteiger charge is -2.20. The van der Waals surface area contributed by atoms with Crippen LogP contribution in [0.25, 0.3) is 0 Å². The Morgan fingerprint density at radius 1 is 1.04 bits per heavy atom. The molecule has 0 aliphatic heterocycles. The van der Waals surface area contributed by atoms with Gasteiger partial charge in [-0.1, -0.05) is 36.4 Å². The van der Waals surface area contributed by atoms with E-state index in [2.05, 4.69) is 4.74 Å². The molecule has 0 radical (unpaired) electrons. The fourth-order valence-corrected chi connectivity index (χ4v) is 2.14. The van der Waals surface area contributed by atoms with Gasteiger partial charge in [0.25, 0.3) is 0 Å². The number of nitrogens with zero attached hydrogens (tertiary/aromatic N) is 1. The highest BCUT2D eigenvalue weighted by Crippen LogP contribution is 2.27. The van der Waals surface area contributed by atoms with E-state index in [4.69, 9.17) is 0 Å². The summed E-state index contributed by atoms with van der Waals surface area (Å²) in [5.74, 6) is -1.28. The van der Waals surface area contributed by atoms with Crippen LogP contribution in [0, 0.1) is 5.82 Å². The van der Waals surface area contributed by atoms with E-state index in [-0.39, 0.29) is 29.8 Å². The van der Waals surface area contributed by atoms with Gasteiger partial charge >= 0.3 is 6.36 Å². The Bertz CT molecular complexity index is 716. The van der Waals surface area contributed by atoms with Gasteiger partial charge in [-0.15, -0.1) is 13.2 Å². The monoisotopic (exact) mass is 341 g/mol. The number of carbonyl (C=O) groups excluding carboxylic acids is 1. The number of para-hydroxylation sites is 1. The van der Waals surface area contributed by atoms with Crippen LogP contribution in [-0.4, -0.2) is 24.2 Å². The number of hydrogen-bond donors (Lipinski definition) is 0. The van der Waals surface area contributed by atoms with E-state index < -0.39 is 18.1 Å². The van der Waals surface area contributed by atoms with Gasteiger partial charge in [0.2, 0.25) is 5.91 Å². The third-order valence-electron chi connectivity index (χ3n) is 3.33. The zero-order valence-corrected chi connectivity index (χ0v) is 12.8. The highest BCUT2D eigenvalue weighted by Gasteiger charge is 2.32. The minimum atomic E-state index is -4.81. The lowest BCUT2D eigenvalue weighted by atomic mass is 10.1. The Morgan fingerprint density at radius 2 is 1.62 bits per heavy atom. The molecule has 0 heterocycles. The maximum Gasteiger partial charge on any atom is 0.573 e. The standard InChI is InChI=1S/C17H15F4NO2/c1-22(16(23)10-12-6-2-4-8-14(12)18)11-13-7-3-5-9-15(13)24-17(19,20)21/h2-9H,10-11H2,1H3. The number of hydrogen-bond acceptors (Lipinski definition) is 2. The second kappa shape index (κ2) is 7.33. The van der Waals surface area contributed by atoms with Crippen molar-refractivity contribution in [1.82, 2.24) is 4.90 Å². The van der Waals surface area contributed by atoms with Crippen molar-refractivity contribution in [1.29, 1.82) is 0 Å². The Labute approximate surface area is 136 Å². The molecule has 0 aliphatic carbocycles. The highest BCUT2D eigenvalue weighted by atomic mass is 19.4. The van der Waals surface area contributed by atoms with Crippen LogP contribution in [-0.2, 0) is 17.8 Å². The number of benzene rings is 2. The SMILES string of the molecule is CN(Cc1ccccc1OC(F)(F)F)C(=O)Cc1ccccc1F. The third kappa shape index (κ3) is 4.97. The van der Waals surface area contributed by atoms with Crippen LogP contribution < -0.4 is 4.74 Å². The molecular weight excluding hydrogens is 326 g/mol. The van der Waals surface area contributed by atoms with Gasteiger partial charge in [-0.2, -0.15) is 0 Å². The Hall–Kier alpha value is -2.57. The lowest BCUT2D eigenvalue weighted by Crippen LogP contribution is -2.28. The summed E-state index contributed by atoms with van der Waals surface area (Å²) < 4.78 is 54.7. The molecule has 1 amide bonds. The molecule has 0 saturated carbocycles. The molecule has 0 fully saturated rings. The van der Waals surface area contributed by atoms with Gasteiger partial charge in [0, 0.05) is 19.2 Å². The number of ether oxygens (including phenoxy) is 1. The Kier molecular flexibility index (Phi) is 5.43. The summed E-state index contributed by atoms with van der Waals surface area (Å²) in [7, 11) is 1.44. The van der Waals surface area contributed by atoms with Crippen molar-refractivity contribution in [2.24, 2.45) is 0 Å². The second-order valence-corrected chi connectivity index (χ2v) is 5.17. The summed E-state index contributed by atoms with van der Waals surface area (Å²) in [6, 6.07) is 11.4. The van der Waals surface area contributed by atoms with Crippen LogP contribution in [0.15, 0.2) is 48.5 Å². The van der Waals surface area contributed by atoms with Crippen LogP contribution in [0.3, 0.4) is 0 Å². The molecular formula is C17H15F4NO2. The van der Waals surface area contributed by atoms with Crippen molar-refractivity contribution < 1.29 is 27.1 Å². The van der Waals surface area contributed by atoms with Gasteiger partial charge in [-0.05, 0) is 17.7 Å². The molecule has 0 N–H and O–H groups in total. The minimum Gasteiger partial charge on any atom is -0.405 e. The van der Waals surface area contributed by atoms with Gasteiger partial charge in [-0.25, -0.2) is 4.39 Å². The Balaban J connectivity index is 2.08. The smallest absolute Gasteiger partial charge is 0.405 e. The predicted molar refractivity (Wildman–Crippen MR) is 79.7 cm³/mol. The second-order valence-electron chi connectivity index (χ2n) is 5.17. The third-order valence-corrected chi connectivity index (χ3v) is 3.33. The lowest BCUT2D eigenvalue weighted by molar-refractivity contribution is -0.275. The normalized spacial score (nSPS) is 11.2. The molecule has 24 heavy (non-hydrogen) atoms. The van der Waals surface area contributed by atoms with Crippen LogP contribution in [0.2, 0.25) is 0 Å². The predicted octanol–water partition coefficient (Wildman–Crippen LogP) is 3.93. The fourth-order valence-electron chi connectivity index (χ4n) is 2.14. The molecule has 3 nitrogen and oxygen atoms in total. The topological polar surface area (TPSA) is 29.5 Å². The summed E-state index contributed by atoms with van der Waals surface area (Å²) in [5, 5.41) is 0. The zero-order chi connectivity index (χ0) is 17.7. The maximum atomic E-state index is 13.6. The first-order chi connectivity index (χ1) is 11.3. The van der Waals surface area contributed by atoms with Crippen molar-refractivity contribution in [3.05, 3.63) is 65.5 Å².